The molecule has 0 saturated heterocycles. The molecule has 0 unspecified atom stereocenters. The van der Waals surface area contributed by atoms with Crippen molar-refractivity contribution in [1.29, 1.82) is 0 Å². The fourth-order valence-corrected chi connectivity index (χ4v) is 8.06. The molecule has 0 aliphatic rings. The minimum Gasteiger partial charge on any atom is -0.289 e. The van der Waals surface area contributed by atoms with Gasteiger partial charge >= 0.3 is 49.4 Å². The van der Waals surface area contributed by atoms with Crippen LogP contribution in [0.1, 0.15) is 54.9 Å². The van der Waals surface area contributed by atoms with Crippen LogP contribution >= 0.6 is 0 Å². The number of halogens is 24. The number of Topliss-reactive ketones (excluding diaryl/α,β-unsaturated/α-hetero) is 1. The van der Waals surface area contributed by atoms with Crippen LogP contribution in [0.5, 0.6) is 0 Å². The highest BCUT2D eigenvalue weighted by molar-refractivity contribution is 8.02. The molecule has 0 N–H and O–H groups in total. The first-order valence-corrected chi connectivity index (χ1v) is 21.7. The lowest BCUT2D eigenvalue weighted by Crippen LogP contribution is -2.75. The van der Waals surface area contributed by atoms with Crippen LogP contribution in [0.2, 0.25) is 0 Å². The van der Waals surface area contributed by atoms with E-state index in [1.165, 1.54) is 36.8 Å². The smallest absolute Gasteiger partial charge is 0.289 e. The monoisotopic (exact) mass is 1110 g/mol. The van der Waals surface area contributed by atoms with Crippen LogP contribution in [0.3, 0.4) is 0 Å². The number of nitrogens with zero attached hydrogens (tertiary/aromatic N) is 1. The fourth-order valence-electron chi connectivity index (χ4n) is 7.26. The lowest BCUT2D eigenvalue weighted by Gasteiger charge is -2.46. The van der Waals surface area contributed by atoms with Crippen molar-refractivity contribution in [2.45, 2.75) is 49.4 Å². The Hall–Kier alpha value is -6.30. The molecule has 0 aliphatic heterocycles. The zero-order valence-corrected chi connectivity index (χ0v) is 36.4. The molecule has 0 saturated carbocycles. The van der Waals surface area contributed by atoms with Crippen LogP contribution in [0, 0.1) is 10.1 Å². The number of ketones is 1. The summed E-state index contributed by atoms with van der Waals surface area (Å²) in [6, 6.07) is -3.37. The number of alkyl halides is 24. The highest BCUT2D eigenvalue weighted by Crippen LogP contribution is 2.41. The minimum atomic E-state index is -6.13. The van der Waals surface area contributed by atoms with Gasteiger partial charge in [0.1, 0.15) is 18.7 Å². The van der Waals surface area contributed by atoms with E-state index >= 15 is 0 Å². The summed E-state index contributed by atoms with van der Waals surface area (Å²) in [6.07, 6.45) is -51.8. The van der Waals surface area contributed by atoms with Gasteiger partial charge in [-0.15, -0.1) is 4.21 Å². The molecule has 398 valence electrons. The molecule has 0 bridgehead atoms. The maximum Gasteiger partial charge on any atom is 0.416 e. The van der Waals surface area contributed by atoms with Gasteiger partial charge in [0.2, 0.25) is 5.78 Å². The van der Waals surface area contributed by atoms with E-state index in [9.17, 15) is 124 Å². The van der Waals surface area contributed by atoms with Crippen molar-refractivity contribution >= 4 is 49.4 Å². The molecule has 0 spiro atoms. The number of rotatable bonds is 8. The number of carbonyl (C=O) groups excluding carboxylic acids is 1. The molecule has 0 radical (unpaired) electrons. The van der Waals surface area contributed by atoms with E-state index in [2.05, 4.69) is 0 Å². The lowest BCUT2D eigenvalue weighted by atomic mass is 9.12. The zero-order valence-electron chi connectivity index (χ0n) is 35.6. The summed E-state index contributed by atoms with van der Waals surface area (Å²) in [7, 11) is -2.17. The van der Waals surface area contributed by atoms with Crippen LogP contribution in [0.25, 0.3) is 0 Å². The van der Waals surface area contributed by atoms with Gasteiger partial charge in [-0.1, -0.05) is 60.7 Å². The molecule has 5 aromatic rings. The Kier molecular flexibility index (Phi) is 15.9. The number of nitro groups is 1. The van der Waals surface area contributed by atoms with Gasteiger partial charge in [-0.2, -0.15) is 127 Å². The second kappa shape index (κ2) is 19.5. The summed E-state index contributed by atoms with van der Waals surface area (Å²) >= 11 is 0. The topological polar surface area (TPSA) is 77.3 Å². The van der Waals surface area contributed by atoms with Crippen molar-refractivity contribution in [3.63, 3.8) is 0 Å². The summed E-state index contributed by atoms with van der Waals surface area (Å²) < 4.78 is 352. The standard InChI is InChI=1S/C32H12BF24.C10H12NO4S/c34-25(35,36)13-1-14(26(37,38)39)6-21(5-13)33(22-7-15(27(40,41)42)2-16(8-22)28(43,44)45,23-9-17(29(46,47)48)3-18(10-23)30(49,50)51)24-11-19(31(52,53)54)4-20(12-24)32(55,56)57;1-16(2,15)7-10(12)8-4-3-5-9(6-8)11(13)14/h1-12H;3-6H,7H2,1-2H3/q-1;+1. The molecule has 0 atom stereocenters. The minimum absolute atomic E-state index is 0.0891. The Morgan fingerprint density at radius 3 is 0.822 bits per heavy atom. The van der Waals surface area contributed by atoms with Gasteiger partial charge in [-0.05, 0) is 24.3 Å². The Bertz CT molecular complexity index is 2500. The summed E-state index contributed by atoms with van der Waals surface area (Å²) in [6.45, 7) is 0. The number of hydrogen-bond acceptors (Lipinski definition) is 4. The molecule has 0 aliphatic carbocycles. The molecule has 31 heteroatoms. The maximum absolute atomic E-state index is 14.2. The quantitative estimate of drug-likeness (QED) is 0.0387. The molecule has 5 nitrogen and oxygen atoms in total. The molecule has 0 heterocycles. The largest absolute Gasteiger partial charge is 0.416 e. The molecular weight excluding hydrogens is 1080 g/mol. The van der Waals surface area contributed by atoms with Crippen molar-refractivity contribution in [3.05, 3.63) is 157 Å². The predicted molar refractivity (Wildman–Crippen MR) is 212 cm³/mol. The van der Waals surface area contributed by atoms with E-state index in [-0.39, 0.29) is 22.8 Å². The number of nitro benzene ring substituents is 1. The first-order chi connectivity index (χ1) is 32.6. The van der Waals surface area contributed by atoms with Crippen molar-refractivity contribution in [1.82, 2.24) is 0 Å². The summed E-state index contributed by atoms with van der Waals surface area (Å²) in [5.74, 6) is -0.424. The van der Waals surface area contributed by atoms with Crippen LogP contribution in [0.15, 0.2) is 97.1 Å². The molecule has 5 aromatic carbocycles. The Labute approximate surface area is 393 Å². The highest BCUT2D eigenvalue weighted by atomic mass is 32.2. The van der Waals surface area contributed by atoms with Crippen molar-refractivity contribution < 1.29 is 119 Å². The van der Waals surface area contributed by atoms with E-state index in [0.717, 1.165) is 0 Å². The van der Waals surface area contributed by atoms with Crippen LogP contribution in [-0.4, -0.2) is 35.1 Å². The summed E-state index contributed by atoms with van der Waals surface area (Å²) in [5, 5.41) is 10.5. The van der Waals surface area contributed by atoms with E-state index < -0.39 is 210 Å². The van der Waals surface area contributed by atoms with Crippen LogP contribution in [0.4, 0.5) is 111 Å². The third-order valence-corrected chi connectivity index (χ3v) is 11.3. The molecular formula is C42H24BF24NO4S. The maximum atomic E-state index is 14.2. The van der Waals surface area contributed by atoms with E-state index in [1.807, 2.05) is 0 Å². The fraction of sp³-hybridized carbons (Fsp3) is 0.262. The summed E-state index contributed by atoms with van der Waals surface area (Å²) in [4.78, 5) is 21.6. The van der Waals surface area contributed by atoms with Gasteiger partial charge in [0, 0.05) is 17.7 Å². The van der Waals surface area contributed by atoms with Crippen LogP contribution in [-0.2, 0) is 63.6 Å². The molecule has 0 aromatic heterocycles. The Balaban J connectivity index is 0.000000613. The molecule has 73 heavy (non-hydrogen) atoms. The average Bonchev–Trinajstić information content (AvgIpc) is 3.21. The Morgan fingerprint density at radius 2 is 0.644 bits per heavy atom. The van der Waals surface area contributed by atoms with Crippen molar-refractivity contribution in [2.75, 3.05) is 18.3 Å². The van der Waals surface area contributed by atoms with E-state index in [1.54, 1.807) is 0 Å². The number of carbonyl (C=O) groups is 1. The molecule has 0 fully saturated rings. The van der Waals surface area contributed by atoms with Gasteiger partial charge in [0.25, 0.3) is 5.69 Å². The van der Waals surface area contributed by atoms with Gasteiger partial charge in [0.05, 0.1) is 59.4 Å². The number of benzene rings is 5. The second-order valence-corrected chi connectivity index (χ2v) is 19.2. The van der Waals surface area contributed by atoms with Crippen LogP contribution < -0.4 is 21.9 Å². The normalized spacial score (nSPS) is 13.6. The van der Waals surface area contributed by atoms with E-state index in [4.69, 9.17) is 0 Å². The molecule has 5 rings (SSSR count). The second-order valence-electron chi connectivity index (χ2n) is 16.0. The third kappa shape index (κ3) is 14.3. The number of hydrogen-bond donors (Lipinski definition) is 0. The zero-order chi connectivity index (χ0) is 56.3. The first-order valence-electron chi connectivity index (χ1n) is 19.1. The SMILES string of the molecule is C[S+](C)(=O)CC(=O)c1cccc([N+](=O)[O-])c1.FC(F)(F)c1cc([B-](c2cc(C(F)(F)F)cc(C(F)(F)F)c2)(c2cc(C(F)(F)F)cc(C(F)(F)F)c2)c2cc(C(F)(F)F)cc(C(F)(F)F)c2)cc(C(F)(F)F)c1. The first kappa shape index (κ1) is 59.3. The van der Waals surface area contributed by atoms with Gasteiger partial charge in [-0.25, -0.2) is 0 Å². The highest BCUT2D eigenvalue weighted by Gasteiger charge is 2.47. The van der Waals surface area contributed by atoms with Gasteiger partial charge in [-0.3, -0.25) is 14.9 Å². The van der Waals surface area contributed by atoms with Gasteiger partial charge in [0.15, 0.2) is 5.75 Å². The van der Waals surface area contributed by atoms with Crippen molar-refractivity contribution in [3.8, 4) is 0 Å². The third-order valence-electron chi connectivity index (χ3n) is 10.3. The average molecular weight is 1110 g/mol. The lowest BCUT2D eigenvalue weighted by molar-refractivity contribution is -0.384. The predicted octanol–water partition coefficient (Wildman–Crippen LogP) is 12.8. The summed E-state index contributed by atoms with van der Waals surface area (Å²) in [5.41, 5.74) is -30.1. The van der Waals surface area contributed by atoms with E-state index in [0.29, 0.717) is 0 Å². The van der Waals surface area contributed by atoms with Crippen molar-refractivity contribution in [2.24, 2.45) is 0 Å². The van der Waals surface area contributed by atoms with Gasteiger partial charge < -0.3 is 0 Å². The number of non-ortho nitro benzene ring substituents is 1. The Morgan fingerprint density at radius 1 is 0.425 bits per heavy atom. The molecule has 0 amide bonds.